The van der Waals surface area contributed by atoms with Gasteiger partial charge in [-0.2, -0.15) is 0 Å². The fourth-order valence-electron chi connectivity index (χ4n) is 4.06. The summed E-state index contributed by atoms with van der Waals surface area (Å²) in [4.78, 5) is 2.66. The van der Waals surface area contributed by atoms with Crippen LogP contribution in [0, 0.1) is 17.3 Å². The topological polar surface area (TPSA) is 3.24 Å². The molecule has 0 aliphatic heterocycles. The van der Waals surface area contributed by atoms with Gasteiger partial charge >= 0.3 is 0 Å². The van der Waals surface area contributed by atoms with Gasteiger partial charge < -0.3 is 4.90 Å². The van der Waals surface area contributed by atoms with Gasteiger partial charge in [0.1, 0.15) is 0 Å². The fraction of sp³-hybridized carbons (Fsp3) is 0.800. The summed E-state index contributed by atoms with van der Waals surface area (Å²) in [6, 6.07) is 0.801. The molecule has 0 saturated heterocycles. The second-order valence-electron chi connectivity index (χ2n) is 8.52. The zero-order valence-corrected chi connectivity index (χ0v) is 15.1. The highest BCUT2D eigenvalue weighted by Gasteiger charge is 2.29. The van der Waals surface area contributed by atoms with E-state index in [1.165, 1.54) is 38.6 Å². The molecule has 0 amide bonds. The van der Waals surface area contributed by atoms with E-state index in [1.54, 1.807) is 11.1 Å². The monoisotopic (exact) mass is 289 g/mol. The van der Waals surface area contributed by atoms with Gasteiger partial charge in [-0.25, -0.2) is 0 Å². The van der Waals surface area contributed by atoms with Crippen molar-refractivity contribution in [1.29, 1.82) is 0 Å². The fourth-order valence-corrected chi connectivity index (χ4v) is 4.06. The standard InChI is InChI=1S/C20H35N/c1-15-11-12-18(20(3,4)5)13-17(15)14-21(6)19-10-8-7-9-16(19)2/h11-12,16-17,19H,7-10,13-14H2,1-6H3. The van der Waals surface area contributed by atoms with Crippen LogP contribution in [0.3, 0.4) is 0 Å². The van der Waals surface area contributed by atoms with Crippen molar-refractivity contribution >= 4 is 0 Å². The lowest BCUT2D eigenvalue weighted by Gasteiger charge is -2.39. The average Bonchev–Trinajstić information content (AvgIpc) is 2.40. The lowest BCUT2D eigenvalue weighted by molar-refractivity contribution is 0.126. The smallest absolute Gasteiger partial charge is 0.0118 e. The molecule has 0 bridgehead atoms. The quantitative estimate of drug-likeness (QED) is 0.669. The molecule has 0 heterocycles. The van der Waals surface area contributed by atoms with Gasteiger partial charge in [0.05, 0.1) is 0 Å². The highest BCUT2D eigenvalue weighted by molar-refractivity contribution is 5.28. The van der Waals surface area contributed by atoms with E-state index in [2.05, 4.69) is 58.7 Å². The number of hydrogen-bond donors (Lipinski definition) is 0. The molecule has 1 fully saturated rings. The van der Waals surface area contributed by atoms with Crippen LogP contribution in [0.4, 0.5) is 0 Å². The third-order valence-electron chi connectivity index (χ3n) is 5.76. The molecule has 2 aliphatic carbocycles. The van der Waals surface area contributed by atoms with Gasteiger partial charge in [-0.15, -0.1) is 0 Å². The summed E-state index contributed by atoms with van der Waals surface area (Å²) in [5.74, 6) is 1.58. The summed E-state index contributed by atoms with van der Waals surface area (Å²) in [6.45, 7) is 13.0. The molecule has 0 radical (unpaired) electrons. The van der Waals surface area contributed by atoms with Crippen molar-refractivity contribution in [1.82, 2.24) is 4.90 Å². The van der Waals surface area contributed by atoms with Crippen molar-refractivity contribution in [3.63, 3.8) is 0 Å². The Morgan fingerprint density at radius 2 is 1.81 bits per heavy atom. The lowest BCUT2D eigenvalue weighted by atomic mass is 9.76. The molecule has 0 spiro atoms. The Bertz CT molecular complexity index is 410. The molecular weight excluding hydrogens is 254 g/mol. The Morgan fingerprint density at radius 1 is 1.14 bits per heavy atom. The normalized spacial score (nSPS) is 31.1. The molecule has 0 aromatic rings. The largest absolute Gasteiger partial charge is 0.303 e. The van der Waals surface area contributed by atoms with Crippen LogP contribution in [-0.4, -0.2) is 24.5 Å². The third kappa shape index (κ3) is 4.22. The molecule has 2 rings (SSSR count). The van der Waals surface area contributed by atoms with E-state index in [0.29, 0.717) is 11.3 Å². The Labute approximate surface area is 132 Å². The minimum absolute atomic E-state index is 0.312. The maximum atomic E-state index is 2.66. The van der Waals surface area contributed by atoms with Crippen LogP contribution in [0.5, 0.6) is 0 Å². The summed E-state index contributed by atoms with van der Waals surface area (Å²) < 4.78 is 0. The molecule has 120 valence electrons. The van der Waals surface area contributed by atoms with Gasteiger partial charge in [-0.3, -0.25) is 0 Å². The summed E-state index contributed by atoms with van der Waals surface area (Å²) in [5.41, 5.74) is 3.49. The Balaban J connectivity index is 1.99. The molecule has 0 N–H and O–H groups in total. The van der Waals surface area contributed by atoms with E-state index in [4.69, 9.17) is 0 Å². The average molecular weight is 290 g/mol. The number of rotatable bonds is 3. The van der Waals surface area contributed by atoms with Crippen LogP contribution in [0.1, 0.15) is 66.7 Å². The van der Waals surface area contributed by atoms with Gasteiger partial charge in [0, 0.05) is 12.6 Å². The molecule has 1 nitrogen and oxygen atoms in total. The Kier molecular flexibility index (Phi) is 5.35. The second kappa shape index (κ2) is 6.69. The highest BCUT2D eigenvalue weighted by atomic mass is 15.1. The van der Waals surface area contributed by atoms with Gasteiger partial charge in [-0.05, 0) is 50.5 Å². The van der Waals surface area contributed by atoms with Gasteiger partial charge in [0.25, 0.3) is 0 Å². The summed E-state index contributed by atoms with van der Waals surface area (Å²) >= 11 is 0. The predicted octanol–water partition coefficient (Wildman–Crippen LogP) is 5.44. The van der Waals surface area contributed by atoms with E-state index in [-0.39, 0.29) is 0 Å². The molecule has 3 atom stereocenters. The van der Waals surface area contributed by atoms with E-state index < -0.39 is 0 Å². The summed E-state index contributed by atoms with van der Waals surface area (Å²) in [6.07, 6.45) is 11.7. The zero-order valence-electron chi connectivity index (χ0n) is 15.1. The predicted molar refractivity (Wildman–Crippen MR) is 93.5 cm³/mol. The zero-order chi connectivity index (χ0) is 15.6. The van der Waals surface area contributed by atoms with Crippen LogP contribution >= 0.6 is 0 Å². The maximum Gasteiger partial charge on any atom is 0.0118 e. The van der Waals surface area contributed by atoms with E-state index >= 15 is 0 Å². The van der Waals surface area contributed by atoms with Crippen molar-refractivity contribution < 1.29 is 0 Å². The van der Waals surface area contributed by atoms with Crippen molar-refractivity contribution in [3.8, 4) is 0 Å². The minimum atomic E-state index is 0.312. The lowest BCUT2D eigenvalue weighted by Crippen LogP contribution is -2.42. The summed E-state index contributed by atoms with van der Waals surface area (Å²) in [7, 11) is 2.36. The Hall–Kier alpha value is -0.560. The first-order valence-electron chi connectivity index (χ1n) is 8.87. The number of nitrogens with zero attached hydrogens (tertiary/aromatic N) is 1. The van der Waals surface area contributed by atoms with Crippen LogP contribution in [0.25, 0.3) is 0 Å². The summed E-state index contributed by atoms with van der Waals surface area (Å²) in [5, 5.41) is 0. The first-order chi connectivity index (χ1) is 9.79. The van der Waals surface area contributed by atoms with Crippen LogP contribution < -0.4 is 0 Å². The van der Waals surface area contributed by atoms with Crippen LogP contribution in [0.15, 0.2) is 23.3 Å². The molecule has 0 aromatic heterocycles. The Morgan fingerprint density at radius 3 is 2.43 bits per heavy atom. The molecule has 21 heavy (non-hydrogen) atoms. The van der Waals surface area contributed by atoms with Crippen molar-refractivity contribution in [3.05, 3.63) is 23.3 Å². The van der Waals surface area contributed by atoms with Gasteiger partial charge in [0.15, 0.2) is 0 Å². The SMILES string of the molecule is CC1=CC=C(C(C)(C)C)CC1CN(C)C1CCCCC1C. The molecule has 1 heteroatoms. The van der Waals surface area contributed by atoms with Crippen molar-refractivity contribution in [2.45, 2.75) is 72.8 Å². The molecule has 3 unspecified atom stereocenters. The van der Waals surface area contributed by atoms with Gasteiger partial charge in [0.2, 0.25) is 0 Å². The third-order valence-corrected chi connectivity index (χ3v) is 5.76. The minimum Gasteiger partial charge on any atom is -0.303 e. The van der Waals surface area contributed by atoms with E-state index in [1.807, 2.05) is 0 Å². The second-order valence-corrected chi connectivity index (χ2v) is 8.52. The van der Waals surface area contributed by atoms with E-state index in [0.717, 1.165) is 12.0 Å². The van der Waals surface area contributed by atoms with Crippen molar-refractivity contribution in [2.24, 2.45) is 17.3 Å². The number of allylic oxidation sites excluding steroid dienone is 3. The van der Waals surface area contributed by atoms with Crippen LogP contribution in [-0.2, 0) is 0 Å². The molecule has 2 aliphatic rings. The molecular formula is C20H35N. The van der Waals surface area contributed by atoms with Gasteiger partial charge in [-0.1, -0.05) is 63.8 Å². The van der Waals surface area contributed by atoms with Crippen LogP contribution in [0.2, 0.25) is 0 Å². The first-order valence-corrected chi connectivity index (χ1v) is 8.87. The van der Waals surface area contributed by atoms with E-state index in [9.17, 15) is 0 Å². The highest BCUT2D eigenvalue weighted by Crippen LogP contribution is 2.37. The van der Waals surface area contributed by atoms with Crippen molar-refractivity contribution in [2.75, 3.05) is 13.6 Å². The molecule has 0 aromatic carbocycles. The number of hydrogen-bond acceptors (Lipinski definition) is 1. The molecule has 1 saturated carbocycles. The maximum absolute atomic E-state index is 2.66. The first kappa shape index (κ1) is 16.8.